The Bertz CT molecular complexity index is 145. The molecule has 0 amide bonds. The molecule has 1 N–H and O–H groups in total. The van der Waals surface area contributed by atoms with Gasteiger partial charge in [0.1, 0.15) is 0 Å². The average molecular weight is 154 g/mol. The summed E-state index contributed by atoms with van der Waals surface area (Å²) < 4.78 is 37.6. The minimum atomic E-state index is -3.33. The molecule has 1 aliphatic carbocycles. The van der Waals surface area contributed by atoms with Crippen LogP contribution in [0, 0.1) is 5.92 Å². The normalized spacial score (nSPS) is 44.7. The molecule has 1 fully saturated rings. The lowest BCUT2D eigenvalue weighted by molar-refractivity contribution is -0.262. The minimum absolute atomic E-state index is 0.240. The first kappa shape index (κ1) is 7.85. The van der Waals surface area contributed by atoms with E-state index < -0.39 is 24.1 Å². The highest BCUT2D eigenvalue weighted by atomic mass is 19.3. The van der Waals surface area contributed by atoms with E-state index in [0.29, 0.717) is 0 Å². The van der Waals surface area contributed by atoms with E-state index in [1.807, 2.05) is 0 Å². The molecule has 0 radical (unpaired) electrons. The van der Waals surface area contributed by atoms with E-state index in [4.69, 9.17) is 5.11 Å². The first-order valence-electron chi connectivity index (χ1n) is 3.11. The summed E-state index contributed by atoms with van der Waals surface area (Å²) in [6.07, 6.45) is -0.240. The third kappa shape index (κ3) is 0.682. The highest BCUT2D eigenvalue weighted by Crippen LogP contribution is 2.53. The number of rotatable bonds is 1. The average Bonchev–Trinajstić information content (AvgIpc) is 1.88. The zero-order chi connectivity index (χ0) is 7.99. The molecule has 2 atom stereocenters. The lowest BCUT2D eigenvalue weighted by Gasteiger charge is -2.46. The predicted octanol–water partition coefficient (Wildman–Crippen LogP) is 1.36. The Morgan fingerprint density at radius 1 is 1.50 bits per heavy atom. The molecule has 0 heterocycles. The predicted molar refractivity (Wildman–Crippen MR) is 29.7 cm³/mol. The van der Waals surface area contributed by atoms with Crippen molar-refractivity contribution in [1.29, 1.82) is 0 Å². The van der Waals surface area contributed by atoms with Crippen LogP contribution in [0.25, 0.3) is 0 Å². The van der Waals surface area contributed by atoms with Gasteiger partial charge in [-0.15, -0.1) is 0 Å². The molecular formula is C6H9F3O. The summed E-state index contributed by atoms with van der Waals surface area (Å²) in [6, 6.07) is 0. The third-order valence-electron chi connectivity index (χ3n) is 2.10. The van der Waals surface area contributed by atoms with Crippen molar-refractivity contribution in [2.45, 2.75) is 24.9 Å². The van der Waals surface area contributed by atoms with Crippen LogP contribution in [0.4, 0.5) is 13.2 Å². The molecule has 1 rings (SSSR count). The van der Waals surface area contributed by atoms with E-state index in [-0.39, 0.29) is 6.42 Å². The fourth-order valence-electron chi connectivity index (χ4n) is 1.23. The van der Waals surface area contributed by atoms with Gasteiger partial charge < -0.3 is 5.11 Å². The highest BCUT2D eigenvalue weighted by molar-refractivity contribution is 5.07. The summed E-state index contributed by atoms with van der Waals surface area (Å²) in [4.78, 5) is 0. The number of halogens is 3. The van der Waals surface area contributed by atoms with Gasteiger partial charge >= 0.3 is 0 Å². The van der Waals surface area contributed by atoms with Crippen molar-refractivity contribution in [1.82, 2.24) is 0 Å². The van der Waals surface area contributed by atoms with Gasteiger partial charge in [0.15, 0.2) is 5.67 Å². The van der Waals surface area contributed by atoms with Gasteiger partial charge in [-0.1, -0.05) is 6.92 Å². The van der Waals surface area contributed by atoms with Gasteiger partial charge in [0.25, 0.3) is 5.92 Å². The quantitative estimate of drug-likeness (QED) is 0.604. The molecule has 1 aliphatic rings. The van der Waals surface area contributed by atoms with E-state index in [1.165, 1.54) is 6.92 Å². The van der Waals surface area contributed by atoms with Gasteiger partial charge in [-0.2, -0.15) is 0 Å². The number of aliphatic hydroxyl groups excluding tert-OH is 1. The largest absolute Gasteiger partial charge is 0.393 e. The molecule has 0 aromatic rings. The lowest BCUT2D eigenvalue weighted by atomic mass is 9.69. The monoisotopic (exact) mass is 154 g/mol. The maximum atomic E-state index is 12.7. The SMILES string of the molecule is CC1CC(F)(CO)C1(F)F. The van der Waals surface area contributed by atoms with Crippen LogP contribution < -0.4 is 0 Å². The van der Waals surface area contributed by atoms with E-state index in [0.717, 1.165) is 0 Å². The van der Waals surface area contributed by atoms with Gasteiger partial charge in [0.05, 0.1) is 6.61 Å². The van der Waals surface area contributed by atoms with Crippen molar-refractivity contribution in [3.8, 4) is 0 Å². The van der Waals surface area contributed by atoms with E-state index >= 15 is 0 Å². The topological polar surface area (TPSA) is 20.2 Å². The Labute approximate surface area is 56.8 Å². The highest BCUT2D eigenvalue weighted by Gasteiger charge is 2.67. The number of aliphatic hydroxyl groups is 1. The molecular weight excluding hydrogens is 145 g/mol. The first-order chi connectivity index (χ1) is 4.44. The van der Waals surface area contributed by atoms with Crippen molar-refractivity contribution in [3.63, 3.8) is 0 Å². The molecule has 60 valence electrons. The van der Waals surface area contributed by atoms with Crippen LogP contribution in [0.2, 0.25) is 0 Å². The second-order valence-corrected chi connectivity index (χ2v) is 2.85. The standard InChI is InChI=1S/C6H9F3O/c1-4-2-5(7,3-10)6(4,8)9/h4,10H,2-3H2,1H3. The Kier molecular flexibility index (Phi) is 1.47. The van der Waals surface area contributed by atoms with E-state index in [9.17, 15) is 13.2 Å². The molecule has 1 saturated carbocycles. The number of hydrogen-bond acceptors (Lipinski definition) is 1. The number of hydrogen-bond donors (Lipinski definition) is 1. The van der Waals surface area contributed by atoms with Crippen LogP contribution >= 0.6 is 0 Å². The maximum Gasteiger partial charge on any atom is 0.286 e. The molecule has 10 heavy (non-hydrogen) atoms. The van der Waals surface area contributed by atoms with Crippen LogP contribution in [0.1, 0.15) is 13.3 Å². The molecule has 0 aromatic carbocycles. The second-order valence-electron chi connectivity index (χ2n) is 2.85. The van der Waals surface area contributed by atoms with Crippen molar-refractivity contribution >= 4 is 0 Å². The van der Waals surface area contributed by atoms with E-state index in [2.05, 4.69) is 0 Å². The van der Waals surface area contributed by atoms with Crippen LogP contribution in [-0.2, 0) is 0 Å². The summed E-state index contributed by atoms with van der Waals surface area (Å²) in [5.74, 6) is -4.27. The maximum absolute atomic E-state index is 12.7. The fourth-order valence-corrected chi connectivity index (χ4v) is 1.23. The number of alkyl halides is 3. The smallest absolute Gasteiger partial charge is 0.286 e. The summed E-state index contributed by atoms with van der Waals surface area (Å²) in [5, 5.41) is 8.24. The van der Waals surface area contributed by atoms with Crippen LogP contribution in [-0.4, -0.2) is 23.3 Å². The van der Waals surface area contributed by atoms with Gasteiger partial charge in [-0.3, -0.25) is 0 Å². The Hall–Kier alpha value is -0.250. The van der Waals surface area contributed by atoms with Gasteiger partial charge in [0, 0.05) is 5.92 Å². The zero-order valence-electron chi connectivity index (χ0n) is 5.57. The van der Waals surface area contributed by atoms with Crippen LogP contribution in [0.15, 0.2) is 0 Å². The van der Waals surface area contributed by atoms with Crippen molar-refractivity contribution in [3.05, 3.63) is 0 Å². The molecule has 1 nitrogen and oxygen atoms in total. The lowest BCUT2D eigenvalue weighted by Crippen LogP contribution is -2.62. The van der Waals surface area contributed by atoms with Crippen LogP contribution in [0.5, 0.6) is 0 Å². The third-order valence-corrected chi connectivity index (χ3v) is 2.10. The molecule has 2 unspecified atom stereocenters. The summed E-state index contributed by atoms with van der Waals surface area (Å²) in [6.45, 7) is 0.192. The van der Waals surface area contributed by atoms with Crippen LogP contribution in [0.3, 0.4) is 0 Å². The van der Waals surface area contributed by atoms with E-state index in [1.54, 1.807) is 0 Å². The molecule has 0 bridgehead atoms. The Morgan fingerprint density at radius 3 is 2.10 bits per heavy atom. The molecule has 4 heteroatoms. The first-order valence-corrected chi connectivity index (χ1v) is 3.11. The molecule has 0 aliphatic heterocycles. The zero-order valence-corrected chi connectivity index (χ0v) is 5.57. The summed E-state index contributed by atoms with van der Waals surface area (Å²) in [5.41, 5.74) is -2.65. The molecule has 0 spiro atoms. The molecule has 0 saturated heterocycles. The van der Waals surface area contributed by atoms with Crippen molar-refractivity contribution in [2.24, 2.45) is 5.92 Å². The fraction of sp³-hybridized carbons (Fsp3) is 1.00. The van der Waals surface area contributed by atoms with Crippen molar-refractivity contribution in [2.75, 3.05) is 6.61 Å². The molecule has 0 aromatic heterocycles. The summed E-state index contributed by atoms with van der Waals surface area (Å²) >= 11 is 0. The van der Waals surface area contributed by atoms with Crippen molar-refractivity contribution < 1.29 is 18.3 Å². The Morgan fingerprint density at radius 2 is 2.00 bits per heavy atom. The summed E-state index contributed by atoms with van der Waals surface area (Å²) in [7, 11) is 0. The van der Waals surface area contributed by atoms with Gasteiger partial charge in [-0.05, 0) is 6.42 Å². The van der Waals surface area contributed by atoms with Gasteiger partial charge in [0.2, 0.25) is 0 Å². The minimum Gasteiger partial charge on any atom is -0.393 e. The van der Waals surface area contributed by atoms with Gasteiger partial charge in [-0.25, -0.2) is 13.2 Å². The Balaban J connectivity index is 2.70. The second kappa shape index (κ2) is 1.87.